The molecule has 1 saturated heterocycles. The molecule has 3 aromatic rings. The number of ether oxygens (including phenoxy) is 1. The Balaban J connectivity index is 0.00000158. The molecule has 5 nitrogen and oxygen atoms in total. The number of aromatic nitrogens is 1. The van der Waals surface area contributed by atoms with Crippen LogP contribution in [-0.4, -0.2) is 29.9 Å². The molecule has 34 heavy (non-hydrogen) atoms. The molecule has 0 aliphatic carbocycles. The second-order valence-electron chi connectivity index (χ2n) is 9.51. The van der Waals surface area contributed by atoms with Crippen molar-refractivity contribution in [3.05, 3.63) is 59.0 Å². The molecule has 0 saturated carbocycles. The van der Waals surface area contributed by atoms with Crippen LogP contribution in [0, 0.1) is 23.6 Å². The molecule has 0 radical (unpaired) electrons. The number of fused-ring (bicyclic) bond motifs is 1. The standard InChI is InChI=1S/C26H30FN3O2.C2H6/c1-16-21-14-22(29-25(31)26(2,3)4)18(15-28)13-23(21)30(20-7-5-19(27)6-8-20)24(16)17-9-11-32-12-10-17;1-2/h5-8,13-15,17,28H,9-12H2,1-4H3,(H,29,31);1-2H3. The van der Waals surface area contributed by atoms with Crippen LogP contribution in [0.1, 0.15) is 70.2 Å². The van der Waals surface area contributed by atoms with Crippen molar-refractivity contribution in [3.8, 4) is 5.69 Å². The summed E-state index contributed by atoms with van der Waals surface area (Å²) < 4.78 is 21.4. The number of hydrogen-bond donors (Lipinski definition) is 2. The molecule has 0 unspecified atom stereocenters. The second kappa shape index (κ2) is 10.5. The highest BCUT2D eigenvalue weighted by molar-refractivity contribution is 6.04. The molecule has 2 aromatic carbocycles. The van der Waals surface area contributed by atoms with Gasteiger partial charge in [-0.2, -0.15) is 0 Å². The minimum Gasteiger partial charge on any atom is -0.381 e. The molecule has 2 heterocycles. The molecule has 0 atom stereocenters. The van der Waals surface area contributed by atoms with Gasteiger partial charge >= 0.3 is 0 Å². The van der Waals surface area contributed by atoms with E-state index in [4.69, 9.17) is 10.1 Å². The number of rotatable bonds is 4. The number of anilines is 1. The maximum Gasteiger partial charge on any atom is 0.229 e. The maximum atomic E-state index is 13.7. The SMILES string of the molecule is CC.Cc1c(C2CCOCC2)n(-c2ccc(F)cc2)c2cc(C=N)c(NC(=O)C(C)(C)C)cc12. The van der Waals surface area contributed by atoms with E-state index in [0.717, 1.165) is 35.0 Å². The topological polar surface area (TPSA) is 67.1 Å². The van der Waals surface area contributed by atoms with Gasteiger partial charge in [-0.05, 0) is 61.7 Å². The van der Waals surface area contributed by atoms with Gasteiger partial charge in [0.05, 0.1) is 11.2 Å². The number of amides is 1. The summed E-state index contributed by atoms with van der Waals surface area (Å²) in [4.78, 5) is 12.7. The van der Waals surface area contributed by atoms with Crippen molar-refractivity contribution in [2.75, 3.05) is 18.5 Å². The van der Waals surface area contributed by atoms with Gasteiger partial charge < -0.3 is 20.0 Å². The molecule has 4 rings (SSSR count). The van der Waals surface area contributed by atoms with Crippen LogP contribution in [0.3, 0.4) is 0 Å². The molecule has 2 N–H and O–H groups in total. The highest BCUT2D eigenvalue weighted by atomic mass is 19.1. The molecular weight excluding hydrogens is 429 g/mol. The van der Waals surface area contributed by atoms with Gasteiger partial charge in [-0.25, -0.2) is 4.39 Å². The molecule has 1 aromatic heterocycles. The molecule has 1 fully saturated rings. The Hall–Kier alpha value is -2.99. The average molecular weight is 466 g/mol. The molecule has 1 amide bonds. The number of benzene rings is 2. The van der Waals surface area contributed by atoms with Gasteiger partial charge in [-0.15, -0.1) is 0 Å². The van der Waals surface area contributed by atoms with Crippen LogP contribution >= 0.6 is 0 Å². The normalized spacial score (nSPS) is 14.4. The lowest BCUT2D eigenvalue weighted by molar-refractivity contribution is -0.123. The van der Waals surface area contributed by atoms with Crippen molar-refractivity contribution in [2.45, 2.75) is 60.3 Å². The average Bonchev–Trinajstić information content (AvgIpc) is 3.11. The van der Waals surface area contributed by atoms with E-state index in [1.165, 1.54) is 24.0 Å². The quantitative estimate of drug-likeness (QED) is 0.408. The number of halogens is 1. The van der Waals surface area contributed by atoms with Gasteiger partial charge in [0.1, 0.15) is 5.82 Å². The number of carbonyl (C=O) groups excluding carboxylic acids is 1. The van der Waals surface area contributed by atoms with Crippen LogP contribution < -0.4 is 5.32 Å². The third-order valence-corrected chi connectivity index (χ3v) is 6.22. The zero-order valence-corrected chi connectivity index (χ0v) is 21.1. The number of carbonyl (C=O) groups is 1. The Morgan fingerprint density at radius 1 is 1.15 bits per heavy atom. The minimum absolute atomic E-state index is 0.0970. The summed E-state index contributed by atoms with van der Waals surface area (Å²) in [6.07, 6.45) is 3.11. The Morgan fingerprint density at radius 2 is 1.76 bits per heavy atom. The van der Waals surface area contributed by atoms with Crippen LogP contribution in [0.4, 0.5) is 10.1 Å². The lowest BCUT2D eigenvalue weighted by Crippen LogP contribution is -2.28. The van der Waals surface area contributed by atoms with E-state index in [-0.39, 0.29) is 11.7 Å². The molecule has 182 valence electrons. The predicted octanol–water partition coefficient (Wildman–Crippen LogP) is 6.98. The second-order valence-corrected chi connectivity index (χ2v) is 9.51. The largest absolute Gasteiger partial charge is 0.381 e. The summed E-state index contributed by atoms with van der Waals surface area (Å²) in [5, 5.41) is 12.0. The van der Waals surface area contributed by atoms with E-state index < -0.39 is 5.41 Å². The van der Waals surface area contributed by atoms with E-state index >= 15 is 0 Å². The van der Waals surface area contributed by atoms with Gasteiger partial charge in [-0.1, -0.05) is 34.6 Å². The number of aryl methyl sites for hydroxylation is 1. The molecule has 1 aliphatic rings. The van der Waals surface area contributed by atoms with Crippen molar-refractivity contribution in [2.24, 2.45) is 5.41 Å². The fraction of sp³-hybridized carbons (Fsp3) is 0.429. The van der Waals surface area contributed by atoms with Crippen LogP contribution in [-0.2, 0) is 9.53 Å². The Bertz CT molecular complexity index is 1170. The maximum absolute atomic E-state index is 13.7. The molecular formula is C28H36FN3O2. The van der Waals surface area contributed by atoms with E-state index in [2.05, 4.69) is 16.8 Å². The van der Waals surface area contributed by atoms with E-state index in [1.807, 2.05) is 46.8 Å². The first-order valence-corrected chi connectivity index (χ1v) is 12.0. The van der Waals surface area contributed by atoms with Crippen LogP contribution in [0.25, 0.3) is 16.6 Å². The Morgan fingerprint density at radius 3 is 2.32 bits per heavy atom. The molecule has 0 bridgehead atoms. The van der Waals surface area contributed by atoms with E-state index in [9.17, 15) is 9.18 Å². The molecule has 1 aliphatic heterocycles. The van der Waals surface area contributed by atoms with Crippen molar-refractivity contribution < 1.29 is 13.9 Å². The van der Waals surface area contributed by atoms with Crippen molar-refractivity contribution >= 4 is 28.7 Å². The molecule has 0 spiro atoms. The fourth-order valence-corrected chi connectivity index (χ4v) is 4.39. The number of nitrogens with zero attached hydrogens (tertiary/aromatic N) is 1. The van der Waals surface area contributed by atoms with Crippen LogP contribution in [0.5, 0.6) is 0 Å². The minimum atomic E-state index is -0.545. The van der Waals surface area contributed by atoms with Gasteiger partial charge in [0.2, 0.25) is 5.91 Å². The summed E-state index contributed by atoms with van der Waals surface area (Å²) >= 11 is 0. The number of hydrogen-bond acceptors (Lipinski definition) is 3. The van der Waals surface area contributed by atoms with Gasteiger partial charge in [0.15, 0.2) is 0 Å². The van der Waals surface area contributed by atoms with Gasteiger partial charge in [-0.3, -0.25) is 4.79 Å². The van der Waals surface area contributed by atoms with Gasteiger partial charge in [0, 0.05) is 53.1 Å². The fourth-order valence-electron chi connectivity index (χ4n) is 4.39. The lowest BCUT2D eigenvalue weighted by atomic mass is 9.93. The zero-order valence-electron chi connectivity index (χ0n) is 21.1. The van der Waals surface area contributed by atoms with Crippen molar-refractivity contribution in [1.29, 1.82) is 5.41 Å². The summed E-state index contributed by atoms with van der Waals surface area (Å²) in [5.41, 5.74) is 4.87. The lowest BCUT2D eigenvalue weighted by Gasteiger charge is -2.25. The van der Waals surface area contributed by atoms with E-state index in [0.29, 0.717) is 30.4 Å². The van der Waals surface area contributed by atoms with Gasteiger partial charge in [0.25, 0.3) is 0 Å². The highest BCUT2D eigenvalue weighted by Gasteiger charge is 2.27. The van der Waals surface area contributed by atoms with Crippen LogP contribution in [0.2, 0.25) is 0 Å². The monoisotopic (exact) mass is 465 g/mol. The van der Waals surface area contributed by atoms with Crippen LogP contribution in [0.15, 0.2) is 36.4 Å². The first-order valence-electron chi connectivity index (χ1n) is 12.0. The summed E-state index contributed by atoms with van der Waals surface area (Å²) in [6, 6.07) is 10.4. The predicted molar refractivity (Wildman–Crippen MR) is 138 cm³/mol. The van der Waals surface area contributed by atoms with Crippen molar-refractivity contribution in [1.82, 2.24) is 4.57 Å². The summed E-state index contributed by atoms with van der Waals surface area (Å²) in [7, 11) is 0. The molecule has 6 heteroatoms. The smallest absolute Gasteiger partial charge is 0.229 e. The highest BCUT2D eigenvalue weighted by Crippen LogP contribution is 2.39. The van der Waals surface area contributed by atoms with E-state index in [1.54, 1.807) is 12.1 Å². The third kappa shape index (κ3) is 5.07. The number of nitrogens with one attached hydrogen (secondary N) is 2. The first kappa shape index (κ1) is 25.6. The summed E-state index contributed by atoms with van der Waals surface area (Å²) in [5.74, 6) is -0.0561. The zero-order chi connectivity index (χ0) is 25.0. The Labute approximate surface area is 201 Å². The first-order chi connectivity index (χ1) is 16.2. The third-order valence-electron chi connectivity index (χ3n) is 6.22. The van der Waals surface area contributed by atoms with Crippen molar-refractivity contribution in [3.63, 3.8) is 0 Å². The summed E-state index contributed by atoms with van der Waals surface area (Å²) in [6.45, 7) is 13.1. The Kier molecular flexibility index (Phi) is 7.93.